The highest BCUT2D eigenvalue weighted by Gasteiger charge is 2.10. The lowest BCUT2D eigenvalue weighted by molar-refractivity contribution is 0.318. The Labute approximate surface area is 114 Å². The molecule has 0 aliphatic carbocycles. The standard InChI is InChI=1S/C12H12ClFN4O/c1-7-10(13)5-16-18(7)6-9-3-2-8(4-11(9)14)12(15)17-19/h2-5,19H,6H2,1H3,(H2,15,17). The number of aromatic nitrogens is 2. The minimum absolute atomic E-state index is 0.135. The zero-order valence-electron chi connectivity index (χ0n) is 10.1. The summed E-state index contributed by atoms with van der Waals surface area (Å²) in [4.78, 5) is 0. The molecule has 0 bridgehead atoms. The summed E-state index contributed by atoms with van der Waals surface area (Å²) in [6.07, 6.45) is 1.51. The van der Waals surface area contributed by atoms with E-state index in [4.69, 9.17) is 22.5 Å². The number of hydrogen-bond donors (Lipinski definition) is 2. The first-order valence-corrected chi connectivity index (χ1v) is 5.85. The van der Waals surface area contributed by atoms with Crippen LogP contribution in [-0.4, -0.2) is 20.8 Å². The molecule has 0 aliphatic rings. The maximum Gasteiger partial charge on any atom is 0.170 e. The molecule has 0 fully saturated rings. The highest BCUT2D eigenvalue weighted by Crippen LogP contribution is 2.17. The van der Waals surface area contributed by atoms with Crippen LogP contribution >= 0.6 is 11.6 Å². The number of oxime groups is 1. The van der Waals surface area contributed by atoms with Gasteiger partial charge in [0.25, 0.3) is 0 Å². The maximum absolute atomic E-state index is 13.9. The third-order valence-corrected chi connectivity index (χ3v) is 3.19. The molecule has 0 amide bonds. The van der Waals surface area contributed by atoms with E-state index in [2.05, 4.69) is 10.3 Å². The van der Waals surface area contributed by atoms with E-state index < -0.39 is 5.82 Å². The largest absolute Gasteiger partial charge is 0.409 e. The van der Waals surface area contributed by atoms with Gasteiger partial charge in [0.2, 0.25) is 0 Å². The van der Waals surface area contributed by atoms with Crippen molar-refractivity contribution in [3.8, 4) is 0 Å². The van der Waals surface area contributed by atoms with Crippen molar-refractivity contribution < 1.29 is 9.60 Å². The van der Waals surface area contributed by atoms with E-state index in [1.807, 2.05) is 0 Å². The Balaban J connectivity index is 2.30. The summed E-state index contributed by atoms with van der Waals surface area (Å²) in [6, 6.07) is 4.36. The van der Waals surface area contributed by atoms with Gasteiger partial charge in [-0.15, -0.1) is 0 Å². The van der Waals surface area contributed by atoms with Gasteiger partial charge in [0.05, 0.1) is 23.5 Å². The van der Waals surface area contributed by atoms with Gasteiger partial charge in [0.15, 0.2) is 5.84 Å². The second kappa shape index (κ2) is 5.27. The van der Waals surface area contributed by atoms with Gasteiger partial charge in [-0.25, -0.2) is 4.39 Å². The van der Waals surface area contributed by atoms with E-state index in [1.165, 1.54) is 12.3 Å². The zero-order chi connectivity index (χ0) is 14.0. The molecule has 19 heavy (non-hydrogen) atoms. The van der Waals surface area contributed by atoms with E-state index >= 15 is 0 Å². The van der Waals surface area contributed by atoms with Crippen molar-refractivity contribution in [3.63, 3.8) is 0 Å². The van der Waals surface area contributed by atoms with Gasteiger partial charge >= 0.3 is 0 Å². The first-order valence-electron chi connectivity index (χ1n) is 5.47. The quantitative estimate of drug-likeness (QED) is 0.392. The molecular weight excluding hydrogens is 271 g/mol. The van der Waals surface area contributed by atoms with Crippen LogP contribution in [0.2, 0.25) is 5.02 Å². The van der Waals surface area contributed by atoms with Gasteiger partial charge in [-0.1, -0.05) is 28.9 Å². The molecule has 3 N–H and O–H groups in total. The predicted molar refractivity (Wildman–Crippen MR) is 70.0 cm³/mol. The molecule has 100 valence electrons. The van der Waals surface area contributed by atoms with Crippen LogP contribution in [0, 0.1) is 12.7 Å². The van der Waals surface area contributed by atoms with Gasteiger partial charge in [0.1, 0.15) is 5.82 Å². The van der Waals surface area contributed by atoms with Gasteiger partial charge in [-0.2, -0.15) is 5.10 Å². The van der Waals surface area contributed by atoms with E-state index in [-0.39, 0.29) is 12.4 Å². The smallest absolute Gasteiger partial charge is 0.170 e. The fourth-order valence-corrected chi connectivity index (χ4v) is 1.78. The van der Waals surface area contributed by atoms with Gasteiger partial charge < -0.3 is 10.9 Å². The monoisotopic (exact) mass is 282 g/mol. The van der Waals surface area contributed by atoms with Crippen molar-refractivity contribution in [2.24, 2.45) is 10.9 Å². The first-order chi connectivity index (χ1) is 9.02. The van der Waals surface area contributed by atoms with Crippen molar-refractivity contribution >= 4 is 17.4 Å². The number of nitrogens with zero attached hydrogens (tertiary/aromatic N) is 3. The highest BCUT2D eigenvalue weighted by atomic mass is 35.5. The first kappa shape index (κ1) is 13.4. The topological polar surface area (TPSA) is 76.4 Å². The fraction of sp³-hybridized carbons (Fsp3) is 0.167. The summed E-state index contributed by atoms with van der Waals surface area (Å²) in [5.74, 6) is -0.584. The number of amidine groups is 1. The average Bonchev–Trinajstić information content (AvgIpc) is 2.72. The van der Waals surface area contributed by atoms with Gasteiger partial charge in [0, 0.05) is 11.1 Å². The summed E-state index contributed by atoms with van der Waals surface area (Å²) in [7, 11) is 0. The molecule has 5 nitrogen and oxygen atoms in total. The molecule has 1 aromatic carbocycles. The second-order valence-electron chi connectivity index (χ2n) is 4.03. The lowest BCUT2D eigenvalue weighted by Gasteiger charge is -2.07. The van der Waals surface area contributed by atoms with Crippen LogP contribution in [0.4, 0.5) is 4.39 Å². The van der Waals surface area contributed by atoms with Crippen LogP contribution in [0.1, 0.15) is 16.8 Å². The van der Waals surface area contributed by atoms with Crippen LogP contribution in [0.25, 0.3) is 0 Å². The molecule has 2 aromatic rings. The van der Waals surface area contributed by atoms with Crippen LogP contribution < -0.4 is 5.73 Å². The van der Waals surface area contributed by atoms with E-state index in [0.29, 0.717) is 16.1 Å². The lowest BCUT2D eigenvalue weighted by Crippen LogP contribution is -2.14. The van der Waals surface area contributed by atoms with E-state index in [1.54, 1.807) is 23.7 Å². The number of rotatable bonds is 3. The van der Waals surface area contributed by atoms with Crippen molar-refractivity contribution in [2.75, 3.05) is 0 Å². The van der Waals surface area contributed by atoms with Gasteiger partial charge in [-0.3, -0.25) is 4.68 Å². The van der Waals surface area contributed by atoms with E-state index in [0.717, 1.165) is 5.69 Å². The molecule has 0 atom stereocenters. The molecule has 7 heteroatoms. The molecule has 1 heterocycles. The van der Waals surface area contributed by atoms with Crippen molar-refractivity contribution in [3.05, 3.63) is 52.1 Å². The summed E-state index contributed by atoms with van der Waals surface area (Å²) < 4.78 is 15.5. The maximum atomic E-state index is 13.9. The molecule has 0 saturated heterocycles. The number of nitrogens with two attached hydrogens (primary N) is 1. The Morgan fingerprint density at radius 1 is 1.58 bits per heavy atom. The Morgan fingerprint density at radius 3 is 2.84 bits per heavy atom. The van der Waals surface area contributed by atoms with Crippen LogP contribution in [0.15, 0.2) is 29.6 Å². The molecule has 0 radical (unpaired) electrons. The molecule has 0 saturated carbocycles. The molecular formula is C12H12ClFN4O. The minimum atomic E-state index is -0.449. The Hall–Kier alpha value is -2.08. The van der Waals surface area contributed by atoms with Gasteiger partial charge in [-0.05, 0) is 13.0 Å². The van der Waals surface area contributed by atoms with Crippen LogP contribution in [0.5, 0.6) is 0 Å². The van der Waals surface area contributed by atoms with Crippen molar-refractivity contribution in [1.29, 1.82) is 0 Å². The SMILES string of the molecule is Cc1c(Cl)cnn1Cc1ccc(C(N)=NO)cc1F. The fourth-order valence-electron chi connectivity index (χ4n) is 1.64. The van der Waals surface area contributed by atoms with Crippen LogP contribution in [-0.2, 0) is 6.54 Å². The lowest BCUT2D eigenvalue weighted by atomic mass is 10.1. The third-order valence-electron chi connectivity index (χ3n) is 2.82. The Kier molecular flexibility index (Phi) is 3.71. The third kappa shape index (κ3) is 2.68. The Bertz CT molecular complexity index is 639. The van der Waals surface area contributed by atoms with Crippen LogP contribution in [0.3, 0.4) is 0 Å². The van der Waals surface area contributed by atoms with E-state index in [9.17, 15) is 4.39 Å². The summed E-state index contributed by atoms with van der Waals surface area (Å²) in [5.41, 5.74) is 6.92. The summed E-state index contributed by atoms with van der Waals surface area (Å²) in [6.45, 7) is 2.07. The number of halogens is 2. The van der Waals surface area contributed by atoms with Crippen molar-refractivity contribution in [1.82, 2.24) is 9.78 Å². The molecule has 1 aromatic heterocycles. The predicted octanol–water partition coefficient (Wildman–Crippen LogP) is 2.13. The zero-order valence-corrected chi connectivity index (χ0v) is 10.9. The van der Waals surface area contributed by atoms with Crippen molar-refractivity contribution in [2.45, 2.75) is 13.5 Å². The summed E-state index contributed by atoms with van der Waals surface area (Å²) in [5, 5.41) is 15.9. The second-order valence-corrected chi connectivity index (χ2v) is 4.43. The normalized spacial score (nSPS) is 11.8. The number of benzene rings is 1. The molecule has 0 aliphatic heterocycles. The number of hydrogen-bond acceptors (Lipinski definition) is 3. The Morgan fingerprint density at radius 2 is 2.32 bits per heavy atom. The average molecular weight is 283 g/mol. The highest BCUT2D eigenvalue weighted by molar-refractivity contribution is 6.31. The molecule has 2 rings (SSSR count). The summed E-state index contributed by atoms with van der Waals surface area (Å²) >= 11 is 5.88. The minimum Gasteiger partial charge on any atom is -0.409 e. The molecule has 0 unspecified atom stereocenters. The molecule has 0 spiro atoms.